The first-order valence-corrected chi connectivity index (χ1v) is 8.94. The summed E-state index contributed by atoms with van der Waals surface area (Å²) in [5, 5.41) is 0. The zero-order valence-electron chi connectivity index (χ0n) is 13.1. The molecule has 1 N–H and O–H groups in total. The van der Waals surface area contributed by atoms with Gasteiger partial charge in [0, 0.05) is 12.0 Å². The molecule has 0 spiro atoms. The van der Waals surface area contributed by atoms with Crippen molar-refractivity contribution in [3.05, 3.63) is 59.7 Å². The molecule has 0 heterocycles. The third-order valence-corrected chi connectivity index (χ3v) is 5.75. The molecule has 1 aliphatic carbocycles. The van der Waals surface area contributed by atoms with Crippen molar-refractivity contribution in [1.82, 2.24) is 4.72 Å². The molecule has 0 atom stereocenters. The van der Waals surface area contributed by atoms with Gasteiger partial charge in [-0.3, -0.25) is 0 Å². The van der Waals surface area contributed by atoms with E-state index in [0.717, 1.165) is 30.5 Å². The van der Waals surface area contributed by atoms with E-state index >= 15 is 0 Å². The van der Waals surface area contributed by atoms with E-state index in [9.17, 15) is 17.2 Å². The third kappa shape index (κ3) is 3.27. The summed E-state index contributed by atoms with van der Waals surface area (Å²) in [6.45, 7) is 0.167. The van der Waals surface area contributed by atoms with Gasteiger partial charge in [-0.1, -0.05) is 12.1 Å². The van der Waals surface area contributed by atoms with Crippen LogP contribution in [0.15, 0.2) is 47.4 Å². The van der Waals surface area contributed by atoms with Crippen molar-refractivity contribution in [1.29, 1.82) is 0 Å². The van der Waals surface area contributed by atoms with Crippen LogP contribution in [0.4, 0.5) is 8.78 Å². The molecule has 0 aromatic heterocycles. The number of nitrogens with one attached hydrogen (secondary N) is 1. The average Bonchev–Trinajstić information content (AvgIpc) is 3.35. The summed E-state index contributed by atoms with van der Waals surface area (Å²) in [4.78, 5) is -0.236. The van der Waals surface area contributed by atoms with Crippen molar-refractivity contribution in [2.75, 3.05) is 13.7 Å². The summed E-state index contributed by atoms with van der Waals surface area (Å²) >= 11 is 0. The second-order valence-corrected chi connectivity index (χ2v) is 7.64. The molecule has 128 valence electrons. The molecule has 1 aliphatic rings. The molecule has 4 nitrogen and oxygen atoms in total. The predicted octanol–water partition coefficient (Wildman–Crippen LogP) is 2.98. The molecule has 24 heavy (non-hydrogen) atoms. The molecule has 1 fully saturated rings. The van der Waals surface area contributed by atoms with E-state index < -0.39 is 15.8 Å². The lowest BCUT2D eigenvalue weighted by molar-refractivity contribution is 0.400. The summed E-state index contributed by atoms with van der Waals surface area (Å²) in [5.74, 6) is -0.911. The number of methoxy groups -OCH3 is 1. The number of ether oxygens (including phenoxy) is 1. The molecule has 0 aliphatic heterocycles. The number of sulfonamides is 1. The number of hydrogen-bond acceptors (Lipinski definition) is 3. The Hall–Kier alpha value is -1.99. The Morgan fingerprint density at radius 2 is 1.71 bits per heavy atom. The Bertz CT molecular complexity index is 847. The maximum absolute atomic E-state index is 13.4. The van der Waals surface area contributed by atoms with Crippen LogP contribution in [-0.4, -0.2) is 22.1 Å². The van der Waals surface area contributed by atoms with E-state index in [4.69, 9.17) is 4.74 Å². The molecular formula is C17H17F2NO3S. The Balaban J connectivity index is 1.81. The van der Waals surface area contributed by atoms with Crippen LogP contribution in [0.3, 0.4) is 0 Å². The smallest absolute Gasteiger partial charge is 0.244 e. The standard InChI is InChI=1S/C17H17F2NO3S/c1-23-15-7-6-14(19)10-16(15)24(21,22)20-11-17(8-9-17)12-2-4-13(18)5-3-12/h2-7,10,20H,8-9,11H2,1H3. The summed E-state index contributed by atoms with van der Waals surface area (Å²) in [6.07, 6.45) is 1.61. The fourth-order valence-corrected chi connectivity index (χ4v) is 4.00. The molecule has 1 saturated carbocycles. The lowest BCUT2D eigenvalue weighted by atomic mass is 9.96. The van der Waals surface area contributed by atoms with Crippen molar-refractivity contribution in [2.24, 2.45) is 0 Å². The second kappa shape index (κ2) is 6.14. The minimum Gasteiger partial charge on any atom is -0.495 e. The van der Waals surface area contributed by atoms with E-state index in [2.05, 4.69) is 4.72 Å². The highest BCUT2D eigenvalue weighted by Gasteiger charge is 2.45. The molecule has 0 saturated heterocycles. The largest absolute Gasteiger partial charge is 0.495 e. The van der Waals surface area contributed by atoms with Crippen LogP contribution in [0.5, 0.6) is 5.75 Å². The first-order valence-electron chi connectivity index (χ1n) is 7.46. The Morgan fingerprint density at radius 1 is 1.08 bits per heavy atom. The quantitative estimate of drug-likeness (QED) is 0.869. The lowest BCUT2D eigenvalue weighted by Crippen LogP contribution is -2.32. The molecule has 7 heteroatoms. The van der Waals surface area contributed by atoms with Crippen LogP contribution < -0.4 is 9.46 Å². The van der Waals surface area contributed by atoms with Gasteiger partial charge in [0.2, 0.25) is 10.0 Å². The second-order valence-electron chi connectivity index (χ2n) is 5.91. The van der Waals surface area contributed by atoms with E-state index in [1.165, 1.54) is 25.3 Å². The highest BCUT2D eigenvalue weighted by atomic mass is 32.2. The molecule has 0 radical (unpaired) electrons. The fraction of sp³-hybridized carbons (Fsp3) is 0.294. The van der Waals surface area contributed by atoms with Crippen molar-refractivity contribution in [3.63, 3.8) is 0 Å². The normalized spacial score (nSPS) is 16.0. The number of hydrogen-bond donors (Lipinski definition) is 1. The van der Waals surface area contributed by atoms with Gasteiger partial charge in [0.25, 0.3) is 0 Å². The van der Waals surface area contributed by atoms with Gasteiger partial charge < -0.3 is 4.74 Å². The Kier molecular flexibility index (Phi) is 4.31. The monoisotopic (exact) mass is 353 g/mol. The lowest BCUT2D eigenvalue weighted by Gasteiger charge is -2.17. The van der Waals surface area contributed by atoms with Crippen molar-refractivity contribution in [3.8, 4) is 5.75 Å². The molecule has 2 aromatic rings. The number of halogens is 2. The molecule has 0 bridgehead atoms. The van der Waals surface area contributed by atoms with E-state index in [1.54, 1.807) is 12.1 Å². The molecule has 3 rings (SSSR count). The van der Waals surface area contributed by atoms with Crippen LogP contribution in [0.25, 0.3) is 0 Å². The topological polar surface area (TPSA) is 55.4 Å². The Labute approximate surface area is 139 Å². The van der Waals surface area contributed by atoms with Gasteiger partial charge in [-0.05, 0) is 48.7 Å². The average molecular weight is 353 g/mol. The number of benzene rings is 2. The van der Waals surface area contributed by atoms with Crippen molar-refractivity contribution < 1.29 is 21.9 Å². The van der Waals surface area contributed by atoms with Gasteiger partial charge in [0.1, 0.15) is 22.3 Å². The van der Waals surface area contributed by atoms with Gasteiger partial charge in [-0.2, -0.15) is 0 Å². The zero-order valence-corrected chi connectivity index (χ0v) is 13.9. The van der Waals surface area contributed by atoms with Crippen molar-refractivity contribution in [2.45, 2.75) is 23.2 Å². The highest BCUT2D eigenvalue weighted by Crippen LogP contribution is 2.47. The van der Waals surface area contributed by atoms with Crippen LogP contribution in [0.1, 0.15) is 18.4 Å². The summed E-state index contributed by atoms with van der Waals surface area (Å²) in [6, 6.07) is 9.39. The highest BCUT2D eigenvalue weighted by molar-refractivity contribution is 7.89. The molecule has 2 aromatic carbocycles. The maximum Gasteiger partial charge on any atom is 0.244 e. The molecular weight excluding hydrogens is 336 g/mol. The van der Waals surface area contributed by atoms with Crippen LogP contribution in [-0.2, 0) is 15.4 Å². The van der Waals surface area contributed by atoms with Crippen LogP contribution in [0, 0.1) is 11.6 Å². The van der Waals surface area contributed by atoms with Gasteiger partial charge in [0.15, 0.2) is 0 Å². The van der Waals surface area contributed by atoms with E-state index in [1.807, 2.05) is 0 Å². The summed E-state index contributed by atoms with van der Waals surface area (Å²) in [7, 11) is -2.60. The van der Waals surface area contributed by atoms with Gasteiger partial charge in [-0.15, -0.1) is 0 Å². The minimum atomic E-state index is -3.92. The number of rotatable bonds is 6. The van der Waals surface area contributed by atoms with Gasteiger partial charge >= 0.3 is 0 Å². The zero-order chi connectivity index (χ0) is 17.4. The minimum absolute atomic E-state index is 0.0792. The SMILES string of the molecule is COc1ccc(F)cc1S(=O)(=O)NCC1(c2ccc(F)cc2)CC1. The molecule has 0 amide bonds. The predicted molar refractivity (Wildman–Crippen MR) is 85.5 cm³/mol. The first kappa shape index (κ1) is 16.9. The molecule has 0 unspecified atom stereocenters. The fourth-order valence-electron chi connectivity index (χ4n) is 2.69. The first-order chi connectivity index (χ1) is 11.4. The summed E-state index contributed by atoms with van der Waals surface area (Å²) < 4.78 is 59.0. The third-order valence-electron chi connectivity index (χ3n) is 4.33. The Morgan fingerprint density at radius 3 is 2.29 bits per heavy atom. The van der Waals surface area contributed by atoms with Crippen molar-refractivity contribution >= 4 is 10.0 Å². The van der Waals surface area contributed by atoms with Gasteiger partial charge in [0.05, 0.1) is 7.11 Å². The van der Waals surface area contributed by atoms with Crippen LogP contribution >= 0.6 is 0 Å². The van der Waals surface area contributed by atoms with Gasteiger partial charge in [-0.25, -0.2) is 21.9 Å². The van der Waals surface area contributed by atoms with E-state index in [-0.39, 0.29) is 28.4 Å². The maximum atomic E-state index is 13.4. The summed E-state index contributed by atoms with van der Waals surface area (Å²) in [5.41, 5.74) is 0.555. The van der Waals surface area contributed by atoms with E-state index in [0.29, 0.717) is 0 Å². The van der Waals surface area contributed by atoms with Crippen LogP contribution in [0.2, 0.25) is 0 Å².